The van der Waals surface area contributed by atoms with E-state index in [4.69, 9.17) is 0 Å². The highest BCUT2D eigenvalue weighted by Crippen LogP contribution is 2.32. The van der Waals surface area contributed by atoms with E-state index in [0.29, 0.717) is 22.5 Å². The van der Waals surface area contributed by atoms with E-state index in [1.54, 1.807) is 18.3 Å². The molecule has 1 aliphatic rings. The minimum absolute atomic E-state index is 0.227. The van der Waals surface area contributed by atoms with Crippen LogP contribution < -0.4 is 10.2 Å². The summed E-state index contributed by atoms with van der Waals surface area (Å²) in [6.07, 6.45) is 1.71. The topological polar surface area (TPSA) is 92.3 Å². The zero-order chi connectivity index (χ0) is 23.8. The number of benzene rings is 2. The Labute approximate surface area is 200 Å². The second kappa shape index (κ2) is 8.64. The number of thiazole rings is 1. The fourth-order valence-corrected chi connectivity index (χ4v) is 4.64. The lowest BCUT2D eigenvalue weighted by atomic mass is 10.1. The molecule has 0 unspecified atom stereocenters. The quantitative estimate of drug-likeness (QED) is 0.434. The van der Waals surface area contributed by atoms with Crippen LogP contribution in [0.4, 0.5) is 5.69 Å². The van der Waals surface area contributed by atoms with Crippen LogP contribution in [0.2, 0.25) is 0 Å². The molecule has 0 aliphatic carbocycles. The summed E-state index contributed by atoms with van der Waals surface area (Å²) in [4.78, 5) is 48.9. The second-order valence-corrected chi connectivity index (χ2v) is 8.82. The van der Waals surface area contributed by atoms with Gasteiger partial charge in [0, 0.05) is 17.1 Å². The first-order chi connectivity index (χ1) is 16.4. The van der Waals surface area contributed by atoms with Gasteiger partial charge in [-0.3, -0.25) is 19.4 Å². The predicted molar refractivity (Wildman–Crippen MR) is 130 cm³/mol. The van der Waals surface area contributed by atoms with Crippen LogP contribution in [0.25, 0.3) is 10.7 Å². The predicted octanol–water partition coefficient (Wildman–Crippen LogP) is 4.55. The smallest absolute Gasteiger partial charge is 0.266 e. The molecular formula is C26H20N4O3S. The minimum Gasteiger partial charge on any atom is -0.346 e. The van der Waals surface area contributed by atoms with Crippen LogP contribution >= 0.6 is 11.3 Å². The maximum absolute atomic E-state index is 13.1. The van der Waals surface area contributed by atoms with E-state index >= 15 is 0 Å². The number of carbonyl (C=O) groups excluding carboxylic acids is 3. The van der Waals surface area contributed by atoms with Gasteiger partial charge < -0.3 is 5.32 Å². The Hall–Kier alpha value is -4.17. The first kappa shape index (κ1) is 21.7. The summed E-state index contributed by atoms with van der Waals surface area (Å²) >= 11 is 1.45. The third kappa shape index (κ3) is 3.78. The van der Waals surface area contributed by atoms with Gasteiger partial charge in [-0.15, -0.1) is 11.3 Å². The lowest BCUT2D eigenvalue weighted by molar-refractivity contribution is 0.0923. The molecule has 34 heavy (non-hydrogen) atoms. The van der Waals surface area contributed by atoms with Crippen molar-refractivity contribution in [1.82, 2.24) is 15.3 Å². The highest BCUT2D eigenvalue weighted by atomic mass is 32.1. The molecular weight excluding hydrogens is 448 g/mol. The zero-order valence-corrected chi connectivity index (χ0v) is 19.3. The van der Waals surface area contributed by atoms with Gasteiger partial charge in [0.05, 0.1) is 34.7 Å². The minimum atomic E-state index is -0.428. The fourth-order valence-electron chi connectivity index (χ4n) is 3.85. The number of hydrogen-bond donors (Lipinski definition) is 1. The van der Waals surface area contributed by atoms with Crippen molar-refractivity contribution in [2.45, 2.75) is 20.4 Å². The van der Waals surface area contributed by atoms with Crippen LogP contribution in [0.5, 0.6) is 0 Å². The number of nitrogens with one attached hydrogen (secondary N) is 1. The van der Waals surface area contributed by atoms with Crippen LogP contribution in [0, 0.1) is 13.8 Å². The Morgan fingerprint density at radius 2 is 1.82 bits per heavy atom. The van der Waals surface area contributed by atoms with Crippen molar-refractivity contribution < 1.29 is 14.4 Å². The Kier molecular flexibility index (Phi) is 5.51. The molecule has 168 valence electrons. The van der Waals surface area contributed by atoms with Crippen LogP contribution in [0.15, 0.2) is 66.2 Å². The van der Waals surface area contributed by atoms with E-state index in [1.807, 2.05) is 49.6 Å². The molecule has 4 aromatic rings. The molecule has 0 bridgehead atoms. The summed E-state index contributed by atoms with van der Waals surface area (Å²) in [6.45, 7) is 4.05. The van der Waals surface area contributed by atoms with Crippen molar-refractivity contribution >= 4 is 34.7 Å². The van der Waals surface area contributed by atoms with Gasteiger partial charge in [-0.05, 0) is 61.4 Å². The first-order valence-corrected chi connectivity index (χ1v) is 11.5. The average molecular weight is 469 g/mol. The molecule has 0 saturated heterocycles. The molecule has 2 aromatic carbocycles. The summed E-state index contributed by atoms with van der Waals surface area (Å²) in [5.74, 6) is -1.16. The second-order valence-electron chi connectivity index (χ2n) is 7.97. The third-order valence-electron chi connectivity index (χ3n) is 5.83. The van der Waals surface area contributed by atoms with Gasteiger partial charge in [-0.1, -0.05) is 18.2 Å². The van der Waals surface area contributed by atoms with Crippen molar-refractivity contribution in [2.75, 3.05) is 4.90 Å². The van der Waals surface area contributed by atoms with E-state index in [0.717, 1.165) is 21.8 Å². The molecule has 0 spiro atoms. The number of amides is 3. The van der Waals surface area contributed by atoms with Crippen molar-refractivity contribution in [3.05, 3.63) is 99.7 Å². The Bertz CT molecular complexity index is 1450. The molecule has 0 saturated carbocycles. The van der Waals surface area contributed by atoms with Crippen LogP contribution in [-0.2, 0) is 6.54 Å². The van der Waals surface area contributed by atoms with Crippen molar-refractivity contribution in [3.63, 3.8) is 0 Å². The number of pyridine rings is 1. The van der Waals surface area contributed by atoms with E-state index in [1.165, 1.54) is 28.4 Å². The van der Waals surface area contributed by atoms with Crippen LogP contribution in [0.3, 0.4) is 0 Å². The normalized spacial score (nSPS) is 12.7. The van der Waals surface area contributed by atoms with Gasteiger partial charge >= 0.3 is 0 Å². The van der Waals surface area contributed by atoms with Crippen molar-refractivity contribution in [1.29, 1.82) is 0 Å². The molecule has 0 fully saturated rings. The number of anilines is 1. The maximum atomic E-state index is 13.1. The lowest BCUT2D eigenvalue weighted by Gasteiger charge is -2.17. The highest BCUT2D eigenvalue weighted by molar-refractivity contribution is 7.13. The number of fused-ring (bicyclic) bond motifs is 1. The Morgan fingerprint density at radius 3 is 2.62 bits per heavy atom. The summed E-state index contributed by atoms with van der Waals surface area (Å²) in [7, 11) is 0. The van der Waals surface area contributed by atoms with Crippen LogP contribution in [-0.4, -0.2) is 27.7 Å². The molecule has 0 radical (unpaired) electrons. The highest BCUT2D eigenvalue weighted by Gasteiger charge is 2.37. The largest absolute Gasteiger partial charge is 0.346 e. The van der Waals surface area contributed by atoms with Crippen molar-refractivity contribution in [3.8, 4) is 10.7 Å². The molecule has 1 aliphatic heterocycles. The lowest BCUT2D eigenvalue weighted by Crippen LogP contribution is -2.30. The van der Waals surface area contributed by atoms with E-state index < -0.39 is 5.91 Å². The SMILES string of the molecule is Cc1cccc(N2C(=O)c3ccc(C(=O)NCc4csc(-c5ccccn5)n4)cc3C2=O)c1C. The number of hydrogen-bond acceptors (Lipinski definition) is 6. The van der Waals surface area contributed by atoms with E-state index in [2.05, 4.69) is 15.3 Å². The Balaban J connectivity index is 1.33. The van der Waals surface area contributed by atoms with Gasteiger partial charge in [-0.25, -0.2) is 9.88 Å². The average Bonchev–Trinajstić information content (AvgIpc) is 3.43. The van der Waals surface area contributed by atoms with E-state index in [-0.39, 0.29) is 23.9 Å². The first-order valence-electron chi connectivity index (χ1n) is 10.7. The number of imide groups is 1. The van der Waals surface area contributed by atoms with Gasteiger partial charge in [0.2, 0.25) is 0 Å². The number of nitrogens with zero attached hydrogens (tertiary/aromatic N) is 3. The Morgan fingerprint density at radius 1 is 1.00 bits per heavy atom. The molecule has 7 nitrogen and oxygen atoms in total. The molecule has 0 atom stereocenters. The van der Waals surface area contributed by atoms with Crippen LogP contribution in [0.1, 0.15) is 47.9 Å². The summed E-state index contributed by atoms with van der Waals surface area (Å²) in [6, 6.07) is 15.7. The number of aryl methyl sites for hydroxylation is 1. The maximum Gasteiger partial charge on any atom is 0.266 e. The van der Waals surface area contributed by atoms with Gasteiger partial charge in [-0.2, -0.15) is 0 Å². The molecule has 3 amide bonds. The van der Waals surface area contributed by atoms with Gasteiger partial charge in [0.25, 0.3) is 17.7 Å². The molecule has 1 N–H and O–H groups in total. The van der Waals surface area contributed by atoms with E-state index in [9.17, 15) is 14.4 Å². The fraction of sp³-hybridized carbons (Fsp3) is 0.115. The summed E-state index contributed by atoms with van der Waals surface area (Å²) in [5.41, 5.74) is 4.73. The molecule has 2 aromatic heterocycles. The molecule has 5 rings (SSSR count). The van der Waals surface area contributed by atoms with Crippen molar-refractivity contribution in [2.24, 2.45) is 0 Å². The monoisotopic (exact) mass is 468 g/mol. The van der Waals surface area contributed by atoms with Gasteiger partial charge in [0.15, 0.2) is 0 Å². The number of aromatic nitrogens is 2. The summed E-state index contributed by atoms with van der Waals surface area (Å²) in [5, 5.41) is 5.48. The number of rotatable bonds is 5. The standard InChI is InChI=1S/C26H20N4O3S/c1-15-6-5-8-22(16(15)2)30-25(32)19-10-9-17(12-20(19)26(30)33)23(31)28-13-18-14-34-24(29-18)21-7-3-4-11-27-21/h3-12,14H,13H2,1-2H3,(H,28,31). The number of carbonyl (C=O) groups is 3. The molecule has 8 heteroatoms. The zero-order valence-electron chi connectivity index (χ0n) is 18.5. The van der Waals surface area contributed by atoms with Gasteiger partial charge in [0.1, 0.15) is 5.01 Å². The molecule has 3 heterocycles. The summed E-state index contributed by atoms with van der Waals surface area (Å²) < 4.78 is 0. The third-order valence-corrected chi connectivity index (χ3v) is 6.75.